The maximum Gasteiger partial charge on any atom is 0.232 e. The Morgan fingerprint density at radius 2 is 0.983 bits per heavy atom. The van der Waals surface area contributed by atoms with Gasteiger partial charge in [-0.1, -0.05) is 208 Å². The van der Waals surface area contributed by atoms with Crippen LogP contribution < -0.4 is 16.0 Å². The minimum absolute atomic E-state index is 0.153. The van der Waals surface area contributed by atoms with Crippen molar-refractivity contribution >= 4 is 17.6 Å². The molecule has 3 N–H and O–H groups in total. The predicted molar refractivity (Wildman–Crippen MR) is 264 cm³/mol. The van der Waals surface area contributed by atoms with Gasteiger partial charge in [0.2, 0.25) is 11.9 Å². The molecule has 0 amide bonds. The molecule has 6 heteroatoms. The molecular formula is C54H98N6. The zero-order chi connectivity index (χ0) is 43.3. The summed E-state index contributed by atoms with van der Waals surface area (Å²) in [4.78, 5) is 14.2. The Morgan fingerprint density at radius 1 is 0.533 bits per heavy atom. The minimum atomic E-state index is -0.153. The number of nitrogens with zero attached hydrogens (tertiary/aromatic N) is 3. The van der Waals surface area contributed by atoms with Crippen LogP contribution in [0.3, 0.4) is 0 Å². The SMILES string of the molecule is CCCCCCC1CCC(CCCCCCCCCNc2nc(Nc3ccccc3)nc(C(C)(C)C)n2)C(CCCCCCCCCNC(C)C(C)C)C1CCCCCC. The number of benzene rings is 1. The molecule has 0 bridgehead atoms. The van der Waals surface area contributed by atoms with Gasteiger partial charge in [0.1, 0.15) is 5.82 Å². The third kappa shape index (κ3) is 22.2. The van der Waals surface area contributed by atoms with E-state index in [1.54, 1.807) is 0 Å². The predicted octanol–water partition coefficient (Wildman–Crippen LogP) is 16.4. The van der Waals surface area contributed by atoms with Crippen LogP contribution >= 0.6 is 0 Å². The first-order chi connectivity index (χ1) is 29.1. The van der Waals surface area contributed by atoms with E-state index in [0.717, 1.165) is 54.1 Å². The lowest BCUT2D eigenvalue weighted by Crippen LogP contribution is -2.35. The fourth-order valence-electron chi connectivity index (χ4n) is 9.88. The maximum atomic E-state index is 4.78. The summed E-state index contributed by atoms with van der Waals surface area (Å²) in [6, 6.07) is 10.8. The molecule has 3 rings (SSSR count). The van der Waals surface area contributed by atoms with Gasteiger partial charge in [-0.25, -0.2) is 0 Å². The van der Waals surface area contributed by atoms with E-state index in [-0.39, 0.29) is 5.41 Å². The van der Waals surface area contributed by atoms with Gasteiger partial charge in [-0.3, -0.25) is 0 Å². The van der Waals surface area contributed by atoms with Gasteiger partial charge in [-0.2, -0.15) is 15.0 Å². The van der Waals surface area contributed by atoms with Gasteiger partial charge in [-0.05, 0) is 93.7 Å². The van der Waals surface area contributed by atoms with Gasteiger partial charge in [0, 0.05) is 23.7 Å². The molecule has 1 aromatic carbocycles. The van der Waals surface area contributed by atoms with E-state index < -0.39 is 0 Å². The van der Waals surface area contributed by atoms with Crippen LogP contribution in [0.2, 0.25) is 0 Å². The summed E-state index contributed by atoms with van der Waals surface area (Å²) in [5.41, 5.74) is 0.833. The van der Waals surface area contributed by atoms with E-state index in [2.05, 4.69) is 71.3 Å². The molecule has 0 aliphatic heterocycles. The second kappa shape index (κ2) is 31.6. The van der Waals surface area contributed by atoms with Crippen LogP contribution in [0.5, 0.6) is 0 Å². The number of unbranched alkanes of at least 4 members (excludes halogenated alkanes) is 18. The van der Waals surface area contributed by atoms with Crippen molar-refractivity contribution in [3.63, 3.8) is 0 Å². The number of para-hydroxylation sites is 1. The van der Waals surface area contributed by atoms with Crippen molar-refractivity contribution in [3.8, 4) is 0 Å². The van der Waals surface area contributed by atoms with Crippen molar-refractivity contribution in [3.05, 3.63) is 36.2 Å². The molecule has 1 fully saturated rings. The van der Waals surface area contributed by atoms with Crippen LogP contribution in [-0.2, 0) is 5.41 Å². The molecule has 5 atom stereocenters. The molecule has 1 aliphatic rings. The topological polar surface area (TPSA) is 74.8 Å². The Hall–Kier alpha value is -2.21. The third-order valence-corrected chi connectivity index (χ3v) is 14.0. The van der Waals surface area contributed by atoms with Crippen LogP contribution in [0, 0.1) is 29.6 Å². The Kier molecular flexibility index (Phi) is 27.5. The Morgan fingerprint density at radius 3 is 1.48 bits per heavy atom. The number of anilines is 3. The molecule has 1 saturated carbocycles. The lowest BCUT2D eigenvalue weighted by Gasteiger charge is -2.44. The van der Waals surface area contributed by atoms with Crippen molar-refractivity contribution in [1.29, 1.82) is 0 Å². The first-order valence-corrected chi connectivity index (χ1v) is 26.2. The van der Waals surface area contributed by atoms with Crippen molar-refractivity contribution in [2.75, 3.05) is 23.7 Å². The van der Waals surface area contributed by atoms with Gasteiger partial charge in [-0.15, -0.1) is 0 Å². The Bertz CT molecular complexity index is 1310. The highest BCUT2D eigenvalue weighted by Gasteiger charge is 2.37. The largest absolute Gasteiger partial charge is 0.354 e. The van der Waals surface area contributed by atoms with Crippen LogP contribution in [0.4, 0.5) is 17.6 Å². The summed E-state index contributed by atoms with van der Waals surface area (Å²) in [6.45, 7) is 20.3. The highest BCUT2D eigenvalue weighted by Crippen LogP contribution is 2.48. The first kappa shape index (κ1) is 52.1. The van der Waals surface area contributed by atoms with Crippen molar-refractivity contribution in [2.24, 2.45) is 29.6 Å². The quantitative estimate of drug-likeness (QED) is 0.0601. The molecule has 1 aliphatic carbocycles. The van der Waals surface area contributed by atoms with Crippen LogP contribution in [0.15, 0.2) is 30.3 Å². The molecular weight excluding hydrogens is 733 g/mol. The molecule has 1 aromatic heterocycles. The van der Waals surface area contributed by atoms with Crippen molar-refractivity contribution in [1.82, 2.24) is 20.3 Å². The van der Waals surface area contributed by atoms with E-state index in [0.29, 0.717) is 17.9 Å². The van der Waals surface area contributed by atoms with Gasteiger partial charge in [0.25, 0.3) is 0 Å². The highest BCUT2D eigenvalue weighted by molar-refractivity contribution is 5.53. The summed E-state index contributed by atoms with van der Waals surface area (Å²) < 4.78 is 0. The molecule has 2 aromatic rings. The van der Waals surface area contributed by atoms with E-state index >= 15 is 0 Å². The molecule has 60 heavy (non-hydrogen) atoms. The van der Waals surface area contributed by atoms with Crippen molar-refractivity contribution in [2.45, 2.75) is 247 Å². The summed E-state index contributed by atoms with van der Waals surface area (Å²) in [7, 11) is 0. The Labute approximate surface area is 372 Å². The molecule has 1 heterocycles. The Balaban J connectivity index is 1.41. The smallest absolute Gasteiger partial charge is 0.232 e. The van der Waals surface area contributed by atoms with Crippen LogP contribution in [0.1, 0.15) is 241 Å². The molecule has 0 saturated heterocycles. The molecule has 5 unspecified atom stereocenters. The molecule has 344 valence electrons. The number of aromatic nitrogens is 3. The van der Waals surface area contributed by atoms with Gasteiger partial charge < -0.3 is 16.0 Å². The first-order valence-electron chi connectivity index (χ1n) is 26.2. The number of nitrogens with one attached hydrogen (secondary N) is 3. The van der Waals surface area contributed by atoms with Gasteiger partial charge in [0.05, 0.1) is 0 Å². The van der Waals surface area contributed by atoms with E-state index in [4.69, 9.17) is 15.0 Å². The van der Waals surface area contributed by atoms with E-state index in [1.165, 1.54) is 180 Å². The maximum absolute atomic E-state index is 4.78. The lowest BCUT2D eigenvalue weighted by atomic mass is 9.61. The molecule has 6 nitrogen and oxygen atoms in total. The number of rotatable bonds is 35. The normalized spacial score (nSPS) is 18.9. The summed E-state index contributed by atoms with van der Waals surface area (Å²) in [6.07, 6.45) is 39.9. The zero-order valence-corrected chi connectivity index (χ0v) is 40.9. The van der Waals surface area contributed by atoms with Gasteiger partial charge in [0.15, 0.2) is 0 Å². The third-order valence-electron chi connectivity index (χ3n) is 14.0. The van der Waals surface area contributed by atoms with Crippen molar-refractivity contribution < 1.29 is 0 Å². The summed E-state index contributed by atoms with van der Waals surface area (Å²) >= 11 is 0. The standard InChI is InChI=1S/C54H98N6/c1-9-11-13-26-34-46-40-41-47(50(49(46)38-30-14-12-10-2)39-31-22-18-16-19-23-32-42-55-45(5)44(3)4)35-27-21-17-15-20-24-33-43-56-52-58-51(54(6,7)8)59-53(60-52)57-48-36-28-25-29-37-48/h25,28-29,36-37,44-47,49-50,55H,9-24,26-27,30-35,38-43H2,1-8H3,(H2,56,57,58,59,60). The monoisotopic (exact) mass is 831 g/mol. The van der Waals surface area contributed by atoms with Crippen LogP contribution in [0.25, 0.3) is 0 Å². The van der Waals surface area contributed by atoms with Gasteiger partial charge >= 0.3 is 0 Å². The second-order valence-corrected chi connectivity index (χ2v) is 20.6. The highest BCUT2D eigenvalue weighted by atomic mass is 15.2. The average Bonchev–Trinajstić information content (AvgIpc) is 3.23. The zero-order valence-electron chi connectivity index (χ0n) is 40.9. The fraction of sp³-hybridized carbons (Fsp3) is 0.833. The fourth-order valence-corrected chi connectivity index (χ4v) is 9.88. The summed E-state index contributed by atoms with van der Waals surface area (Å²) in [5, 5.41) is 10.6. The van der Waals surface area contributed by atoms with E-state index in [9.17, 15) is 0 Å². The van der Waals surface area contributed by atoms with Crippen LogP contribution in [-0.4, -0.2) is 34.1 Å². The van der Waals surface area contributed by atoms with E-state index in [1.807, 2.05) is 30.3 Å². The molecule has 0 spiro atoms. The average molecular weight is 831 g/mol. The minimum Gasteiger partial charge on any atom is -0.354 e. The second-order valence-electron chi connectivity index (χ2n) is 20.6. The molecule has 0 radical (unpaired) electrons. The number of hydrogen-bond acceptors (Lipinski definition) is 6. The summed E-state index contributed by atoms with van der Waals surface area (Å²) in [5.74, 6) is 6.79. The lowest BCUT2D eigenvalue weighted by molar-refractivity contribution is 0.0581. The number of hydrogen-bond donors (Lipinski definition) is 3.